The Morgan fingerprint density at radius 1 is 1.19 bits per heavy atom. The van der Waals surface area contributed by atoms with Crippen molar-refractivity contribution >= 4 is 15.9 Å². The van der Waals surface area contributed by atoms with E-state index in [4.69, 9.17) is 5.11 Å². The summed E-state index contributed by atoms with van der Waals surface area (Å²) < 4.78 is 23.9. The van der Waals surface area contributed by atoms with Gasteiger partial charge in [-0.25, -0.2) is 13.2 Å². The minimum atomic E-state index is -2.99. The Bertz CT molecular complexity index is 366. The summed E-state index contributed by atoms with van der Waals surface area (Å²) >= 11 is 0. The van der Waals surface area contributed by atoms with Crippen molar-refractivity contribution in [2.24, 2.45) is 5.92 Å². The first-order valence-corrected chi connectivity index (χ1v) is 7.40. The third-order valence-electron chi connectivity index (χ3n) is 3.39. The molecule has 92 valence electrons. The van der Waals surface area contributed by atoms with Crippen LogP contribution in [0.15, 0.2) is 0 Å². The van der Waals surface area contributed by atoms with Crippen LogP contribution in [0.5, 0.6) is 0 Å². The number of nitrogens with zero attached hydrogens (tertiary/aromatic N) is 1. The van der Waals surface area contributed by atoms with Crippen LogP contribution in [0.1, 0.15) is 25.7 Å². The molecule has 6 heteroatoms. The van der Waals surface area contributed by atoms with Crippen molar-refractivity contribution in [3.8, 4) is 0 Å². The van der Waals surface area contributed by atoms with Gasteiger partial charge in [0.05, 0.1) is 11.0 Å². The maximum Gasteiger partial charge on any atom is 0.407 e. The summed E-state index contributed by atoms with van der Waals surface area (Å²) in [5, 5.41) is 8.44. The van der Waals surface area contributed by atoms with E-state index >= 15 is 0 Å². The summed E-state index contributed by atoms with van der Waals surface area (Å²) in [5.41, 5.74) is 0. The number of rotatable bonds is 3. The van der Waals surface area contributed by atoms with Crippen molar-refractivity contribution in [2.45, 2.75) is 30.9 Å². The molecule has 2 aliphatic rings. The van der Waals surface area contributed by atoms with Crippen LogP contribution < -0.4 is 0 Å². The fourth-order valence-corrected chi connectivity index (χ4v) is 4.35. The fourth-order valence-electron chi connectivity index (χ4n) is 2.16. The van der Waals surface area contributed by atoms with Gasteiger partial charge in [0, 0.05) is 13.1 Å². The SMILES string of the molecule is O=C(O)N1CCC(S(=O)(=O)CC2CC2)CC1. The number of carboxylic acid groups (broad SMARTS) is 1. The zero-order chi connectivity index (χ0) is 11.8. The second-order valence-corrected chi connectivity index (χ2v) is 7.07. The molecule has 5 nitrogen and oxygen atoms in total. The Morgan fingerprint density at radius 2 is 1.75 bits per heavy atom. The van der Waals surface area contributed by atoms with E-state index in [2.05, 4.69) is 0 Å². The molecule has 1 aliphatic heterocycles. The van der Waals surface area contributed by atoms with Crippen molar-refractivity contribution in [2.75, 3.05) is 18.8 Å². The highest BCUT2D eigenvalue weighted by Crippen LogP contribution is 2.32. The van der Waals surface area contributed by atoms with Crippen LogP contribution in [0, 0.1) is 5.92 Å². The maximum atomic E-state index is 11.9. The van der Waals surface area contributed by atoms with Crippen LogP contribution >= 0.6 is 0 Å². The van der Waals surface area contributed by atoms with Gasteiger partial charge in [-0.05, 0) is 31.6 Å². The van der Waals surface area contributed by atoms with Crippen LogP contribution in [0.2, 0.25) is 0 Å². The van der Waals surface area contributed by atoms with E-state index in [0.29, 0.717) is 37.6 Å². The predicted molar refractivity (Wildman–Crippen MR) is 59.1 cm³/mol. The van der Waals surface area contributed by atoms with E-state index in [-0.39, 0.29) is 5.25 Å². The highest BCUT2D eigenvalue weighted by Gasteiger charge is 2.35. The van der Waals surface area contributed by atoms with Crippen LogP contribution in [-0.2, 0) is 9.84 Å². The van der Waals surface area contributed by atoms with Crippen LogP contribution in [-0.4, -0.2) is 48.6 Å². The minimum Gasteiger partial charge on any atom is -0.465 e. The normalized spacial score (nSPS) is 23.4. The van der Waals surface area contributed by atoms with Gasteiger partial charge in [0.25, 0.3) is 0 Å². The molecule has 1 aliphatic carbocycles. The van der Waals surface area contributed by atoms with Crippen molar-refractivity contribution in [3.05, 3.63) is 0 Å². The lowest BCUT2D eigenvalue weighted by atomic mass is 10.1. The Morgan fingerprint density at radius 3 is 2.19 bits per heavy atom. The number of carbonyl (C=O) groups is 1. The fraction of sp³-hybridized carbons (Fsp3) is 0.900. The van der Waals surface area contributed by atoms with Gasteiger partial charge in [-0.2, -0.15) is 0 Å². The molecule has 0 bridgehead atoms. The van der Waals surface area contributed by atoms with Crippen molar-refractivity contribution in [1.29, 1.82) is 0 Å². The quantitative estimate of drug-likeness (QED) is 0.805. The molecule has 1 N–H and O–H groups in total. The Hall–Kier alpha value is -0.780. The molecule has 2 rings (SSSR count). The van der Waals surface area contributed by atoms with Gasteiger partial charge in [0.15, 0.2) is 9.84 Å². The summed E-state index contributed by atoms with van der Waals surface area (Å²) in [6.07, 6.45) is 2.04. The third-order valence-corrected chi connectivity index (χ3v) is 5.81. The molecule has 0 aromatic rings. The molecular weight excluding hydrogens is 230 g/mol. The first-order valence-electron chi connectivity index (χ1n) is 5.68. The number of hydrogen-bond donors (Lipinski definition) is 1. The molecular formula is C10H17NO4S. The Balaban J connectivity index is 1.90. The lowest BCUT2D eigenvalue weighted by molar-refractivity contribution is 0.136. The first kappa shape index (κ1) is 11.7. The molecule has 1 heterocycles. The predicted octanol–water partition coefficient (Wildman–Crippen LogP) is 0.954. The lowest BCUT2D eigenvalue weighted by Crippen LogP contribution is -2.42. The molecule has 0 spiro atoms. The molecule has 0 atom stereocenters. The van der Waals surface area contributed by atoms with Gasteiger partial charge >= 0.3 is 6.09 Å². The maximum absolute atomic E-state index is 11.9. The second kappa shape index (κ2) is 4.24. The Kier molecular flexibility index (Phi) is 3.10. The first-order chi connectivity index (χ1) is 7.49. The van der Waals surface area contributed by atoms with Crippen molar-refractivity contribution in [1.82, 2.24) is 4.90 Å². The average molecular weight is 247 g/mol. The standard InChI is InChI=1S/C10H17NO4S/c12-10(13)11-5-3-9(4-6-11)16(14,15)7-8-1-2-8/h8-9H,1-7H2,(H,12,13). The van der Waals surface area contributed by atoms with E-state index in [1.54, 1.807) is 0 Å². The van der Waals surface area contributed by atoms with E-state index in [1.807, 2.05) is 0 Å². The highest BCUT2D eigenvalue weighted by atomic mass is 32.2. The minimum absolute atomic E-state index is 0.310. The number of piperidine rings is 1. The summed E-state index contributed by atoms with van der Waals surface area (Å²) in [5.74, 6) is 0.688. The molecule has 0 aromatic carbocycles. The molecule has 2 fully saturated rings. The molecule has 0 unspecified atom stereocenters. The molecule has 16 heavy (non-hydrogen) atoms. The zero-order valence-electron chi connectivity index (χ0n) is 9.13. The number of likely N-dealkylation sites (tertiary alicyclic amines) is 1. The third kappa shape index (κ3) is 2.66. The number of amides is 1. The largest absolute Gasteiger partial charge is 0.465 e. The monoisotopic (exact) mass is 247 g/mol. The summed E-state index contributed by atoms with van der Waals surface area (Å²) in [4.78, 5) is 12.0. The smallest absolute Gasteiger partial charge is 0.407 e. The number of hydrogen-bond acceptors (Lipinski definition) is 3. The van der Waals surface area contributed by atoms with Crippen molar-refractivity contribution in [3.63, 3.8) is 0 Å². The van der Waals surface area contributed by atoms with Crippen LogP contribution in [0.4, 0.5) is 4.79 Å². The van der Waals surface area contributed by atoms with Gasteiger partial charge in [-0.15, -0.1) is 0 Å². The van der Waals surface area contributed by atoms with E-state index in [1.165, 1.54) is 4.90 Å². The topological polar surface area (TPSA) is 74.7 Å². The van der Waals surface area contributed by atoms with E-state index in [0.717, 1.165) is 12.8 Å². The van der Waals surface area contributed by atoms with E-state index < -0.39 is 15.9 Å². The lowest BCUT2D eigenvalue weighted by Gasteiger charge is -2.29. The highest BCUT2D eigenvalue weighted by molar-refractivity contribution is 7.92. The molecule has 1 amide bonds. The average Bonchev–Trinajstić information content (AvgIpc) is 3.01. The molecule has 1 saturated heterocycles. The second-order valence-electron chi connectivity index (χ2n) is 4.74. The molecule has 0 aromatic heterocycles. The van der Waals surface area contributed by atoms with Crippen LogP contribution in [0.25, 0.3) is 0 Å². The van der Waals surface area contributed by atoms with Gasteiger partial charge in [0.2, 0.25) is 0 Å². The van der Waals surface area contributed by atoms with Gasteiger partial charge < -0.3 is 10.0 Å². The summed E-state index contributed by atoms with van der Waals surface area (Å²) in [7, 11) is -2.99. The van der Waals surface area contributed by atoms with E-state index in [9.17, 15) is 13.2 Å². The Labute approximate surface area is 95.4 Å². The number of sulfone groups is 1. The van der Waals surface area contributed by atoms with Gasteiger partial charge in [-0.3, -0.25) is 0 Å². The van der Waals surface area contributed by atoms with Crippen LogP contribution in [0.3, 0.4) is 0 Å². The summed E-state index contributed by atoms with van der Waals surface area (Å²) in [6, 6.07) is 0. The zero-order valence-corrected chi connectivity index (χ0v) is 9.95. The molecule has 1 saturated carbocycles. The van der Waals surface area contributed by atoms with Gasteiger partial charge in [-0.1, -0.05) is 0 Å². The summed E-state index contributed by atoms with van der Waals surface area (Å²) in [6.45, 7) is 0.702. The van der Waals surface area contributed by atoms with Crippen molar-refractivity contribution < 1.29 is 18.3 Å². The van der Waals surface area contributed by atoms with Gasteiger partial charge in [0.1, 0.15) is 0 Å². The molecule has 0 radical (unpaired) electrons.